The molecule has 25 heavy (non-hydrogen) atoms. The molecule has 0 atom stereocenters. The molecule has 4 rings (SSSR count). The van der Waals surface area contributed by atoms with E-state index in [9.17, 15) is 5.26 Å². The van der Waals surface area contributed by atoms with E-state index in [0.717, 1.165) is 25.3 Å². The van der Waals surface area contributed by atoms with Crippen LogP contribution in [0.3, 0.4) is 0 Å². The Labute approximate surface area is 148 Å². The molecule has 0 unspecified atom stereocenters. The molecule has 1 aromatic heterocycles. The van der Waals surface area contributed by atoms with Gasteiger partial charge in [-0.15, -0.1) is 0 Å². The van der Waals surface area contributed by atoms with Gasteiger partial charge in [0.2, 0.25) is 0 Å². The third-order valence-corrected chi connectivity index (χ3v) is 4.97. The first kappa shape index (κ1) is 15.4. The zero-order chi connectivity index (χ0) is 17.1. The van der Waals surface area contributed by atoms with E-state index in [-0.39, 0.29) is 5.41 Å². The molecule has 122 valence electrons. The van der Waals surface area contributed by atoms with E-state index in [1.165, 1.54) is 11.1 Å². The predicted octanol–water partition coefficient (Wildman–Crippen LogP) is 3.95. The molecule has 3 nitrogen and oxygen atoms in total. The van der Waals surface area contributed by atoms with Gasteiger partial charge in [0, 0.05) is 24.7 Å². The summed E-state index contributed by atoms with van der Waals surface area (Å²) >= 11 is 0. The Morgan fingerprint density at radius 3 is 2.28 bits per heavy atom. The molecule has 1 saturated heterocycles. The summed E-state index contributed by atoms with van der Waals surface area (Å²) in [5, 5.41) is 9.35. The van der Waals surface area contributed by atoms with Gasteiger partial charge in [0.15, 0.2) is 0 Å². The second-order valence-electron chi connectivity index (χ2n) is 6.65. The van der Waals surface area contributed by atoms with Crippen LogP contribution in [0, 0.1) is 11.3 Å². The number of nitrogens with zero attached hydrogens (tertiary/aromatic N) is 3. The fraction of sp³-hybridized carbons (Fsp3) is 0.182. The third kappa shape index (κ3) is 2.88. The zero-order valence-electron chi connectivity index (χ0n) is 14.0. The van der Waals surface area contributed by atoms with Gasteiger partial charge in [0.1, 0.15) is 11.9 Å². The lowest BCUT2D eigenvalue weighted by molar-refractivity contribution is 0.325. The van der Waals surface area contributed by atoms with Crippen molar-refractivity contribution in [2.75, 3.05) is 18.0 Å². The summed E-state index contributed by atoms with van der Waals surface area (Å²) in [6, 6.07) is 27.2. The Hall–Kier alpha value is -3.12. The van der Waals surface area contributed by atoms with Crippen molar-refractivity contribution in [3.8, 4) is 6.07 Å². The summed E-state index contributed by atoms with van der Waals surface area (Å²) in [4.78, 5) is 6.66. The first-order chi connectivity index (χ1) is 12.3. The smallest absolute Gasteiger partial charge is 0.146 e. The van der Waals surface area contributed by atoms with Crippen LogP contribution in [0.15, 0.2) is 79.0 Å². The minimum Gasteiger partial charge on any atom is -0.354 e. The van der Waals surface area contributed by atoms with Crippen molar-refractivity contribution in [2.45, 2.75) is 11.8 Å². The molecule has 1 aliphatic rings. The third-order valence-electron chi connectivity index (χ3n) is 4.97. The Balaban J connectivity index is 1.65. The van der Waals surface area contributed by atoms with Crippen LogP contribution in [0.5, 0.6) is 0 Å². The maximum absolute atomic E-state index is 9.35. The normalized spacial score (nSPS) is 15.2. The molecule has 0 N–H and O–H groups in total. The second kappa shape index (κ2) is 6.41. The van der Waals surface area contributed by atoms with E-state index >= 15 is 0 Å². The first-order valence-electron chi connectivity index (χ1n) is 8.50. The quantitative estimate of drug-likeness (QED) is 0.729. The van der Waals surface area contributed by atoms with Gasteiger partial charge in [0.05, 0.1) is 5.56 Å². The number of anilines is 1. The molecule has 0 radical (unpaired) electrons. The van der Waals surface area contributed by atoms with Crippen molar-refractivity contribution in [1.29, 1.82) is 5.26 Å². The number of rotatable bonds is 4. The van der Waals surface area contributed by atoms with E-state index in [4.69, 9.17) is 0 Å². The maximum atomic E-state index is 9.35. The van der Waals surface area contributed by atoms with Crippen LogP contribution in [0.1, 0.15) is 16.7 Å². The minimum absolute atomic E-state index is 0.0624. The fourth-order valence-corrected chi connectivity index (χ4v) is 3.75. The van der Waals surface area contributed by atoms with Crippen LogP contribution in [0.25, 0.3) is 0 Å². The monoisotopic (exact) mass is 325 g/mol. The van der Waals surface area contributed by atoms with Gasteiger partial charge >= 0.3 is 0 Å². The Morgan fingerprint density at radius 1 is 0.920 bits per heavy atom. The number of aromatic nitrogens is 1. The summed E-state index contributed by atoms with van der Waals surface area (Å²) in [6.07, 6.45) is 2.75. The van der Waals surface area contributed by atoms with Crippen LogP contribution < -0.4 is 4.90 Å². The summed E-state index contributed by atoms with van der Waals surface area (Å²) < 4.78 is 0. The number of hydrogen-bond donors (Lipinski definition) is 0. The fourth-order valence-electron chi connectivity index (χ4n) is 3.75. The molecule has 3 aromatic rings. The molecule has 0 amide bonds. The van der Waals surface area contributed by atoms with Gasteiger partial charge < -0.3 is 4.90 Å². The van der Waals surface area contributed by atoms with Crippen LogP contribution in [0.2, 0.25) is 0 Å². The zero-order valence-corrected chi connectivity index (χ0v) is 14.0. The van der Waals surface area contributed by atoms with Crippen LogP contribution in [-0.4, -0.2) is 18.1 Å². The number of hydrogen-bond acceptors (Lipinski definition) is 3. The second-order valence-corrected chi connectivity index (χ2v) is 6.65. The highest BCUT2D eigenvalue weighted by atomic mass is 15.3. The Bertz CT molecular complexity index is 891. The Kier molecular flexibility index (Phi) is 3.95. The number of nitriles is 1. The maximum Gasteiger partial charge on any atom is 0.146 e. The molecular formula is C22H19N3. The van der Waals surface area contributed by atoms with Gasteiger partial charge in [0.25, 0.3) is 0 Å². The molecule has 0 saturated carbocycles. The van der Waals surface area contributed by atoms with E-state index in [1.807, 2.05) is 12.1 Å². The van der Waals surface area contributed by atoms with E-state index in [0.29, 0.717) is 5.56 Å². The van der Waals surface area contributed by atoms with E-state index in [2.05, 4.69) is 76.6 Å². The molecule has 1 aliphatic heterocycles. The predicted molar refractivity (Wildman–Crippen MR) is 99.4 cm³/mol. The molecule has 0 aliphatic carbocycles. The first-order valence-corrected chi connectivity index (χ1v) is 8.50. The average Bonchev–Trinajstić information content (AvgIpc) is 2.66. The van der Waals surface area contributed by atoms with Crippen molar-refractivity contribution >= 4 is 5.82 Å². The average molecular weight is 325 g/mol. The molecule has 1 fully saturated rings. The highest BCUT2D eigenvalue weighted by molar-refractivity contribution is 5.58. The van der Waals surface area contributed by atoms with Crippen LogP contribution >= 0.6 is 0 Å². The Morgan fingerprint density at radius 2 is 1.60 bits per heavy atom. The lowest BCUT2D eigenvalue weighted by atomic mass is 9.69. The lowest BCUT2D eigenvalue weighted by Crippen LogP contribution is -2.61. The van der Waals surface area contributed by atoms with Crippen molar-refractivity contribution < 1.29 is 0 Å². The lowest BCUT2D eigenvalue weighted by Gasteiger charge is -2.51. The van der Waals surface area contributed by atoms with Crippen molar-refractivity contribution in [2.24, 2.45) is 0 Å². The topological polar surface area (TPSA) is 39.9 Å². The van der Waals surface area contributed by atoms with Gasteiger partial charge in [-0.05, 0) is 29.7 Å². The standard InChI is InChI=1S/C22H19N3/c23-15-19-10-7-13-24-21(19)25-16-22(17-25,20-11-5-2-6-12-20)14-18-8-3-1-4-9-18/h1-13H,14,16-17H2. The van der Waals surface area contributed by atoms with Crippen molar-refractivity contribution in [3.05, 3.63) is 95.7 Å². The highest BCUT2D eigenvalue weighted by Crippen LogP contribution is 2.40. The molecule has 3 heteroatoms. The van der Waals surface area contributed by atoms with Gasteiger partial charge in [-0.2, -0.15) is 5.26 Å². The minimum atomic E-state index is 0.0624. The van der Waals surface area contributed by atoms with Gasteiger partial charge in [-0.3, -0.25) is 0 Å². The summed E-state index contributed by atoms with van der Waals surface area (Å²) in [5.41, 5.74) is 3.40. The van der Waals surface area contributed by atoms with Crippen molar-refractivity contribution in [1.82, 2.24) is 4.98 Å². The van der Waals surface area contributed by atoms with Crippen molar-refractivity contribution in [3.63, 3.8) is 0 Å². The summed E-state index contributed by atoms with van der Waals surface area (Å²) in [7, 11) is 0. The van der Waals surface area contributed by atoms with E-state index < -0.39 is 0 Å². The van der Waals surface area contributed by atoms with Gasteiger partial charge in [-0.25, -0.2) is 4.98 Å². The van der Waals surface area contributed by atoms with Crippen LogP contribution in [0.4, 0.5) is 5.82 Å². The molecule has 2 heterocycles. The van der Waals surface area contributed by atoms with Crippen LogP contribution in [-0.2, 0) is 11.8 Å². The number of benzene rings is 2. The molecular weight excluding hydrogens is 306 g/mol. The molecule has 0 spiro atoms. The summed E-state index contributed by atoms with van der Waals surface area (Å²) in [6.45, 7) is 1.75. The highest BCUT2D eigenvalue weighted by Gasteiger charge is 2.45. The van der Waals surface area contributed by atoms with E-state index in [1.54, 1.807) is 6.20 Å². The molecule has 0 bridgehead atoms. The molecule has 2 aromatic carbocycles. The summed E-state index contributed by atoms with van der Waals surface area (Å²) in [5.74, 6) is 0.796. The largest absolute Gasteiger partial charge is 0.354 e. The SMILES string of the molecule is N#Cc1cccnc1N1CC(Cc2ccccc2)(c2ccccc2)C1. The number of pyridine rings is 1. The van der Waals surface area contributed by atoms with Gasteiger partial charge in [-0.1, -0.05) is 60.7 Å².